The molecule has 0 aliphatic heterocycles. The highest BCUT2D eigenvalue weighted by molar-refractivity contribution is 5.79. The van der Waals surface area contributed by atoms with Gasteiger partial charge in [0.2, 0.25) is 0 Å². The van der Waals surface area contributed by atoms with Gasteiger partial charge in [0.1, 0.15) is 5.82 Å². The van der Waals surface area contributed by atoms with Gasteiger partial charge >= 0.3 is 0 Å². The lowest BCUT2D eigenvalue weighted by atomic mass is 9.96. The molecule has 0 radical (unpaired) electrons. The van der Waals surface area contributed by atoms with Crippen LogP contribution in [0, 0.1) is 5.82 Å². The zero-order valence-corrected chi connectivity index (χ0v) is 15.9. The van der Waals surface area contributed by atoms with Gasteiger partial charge in [-0.25, -0.2) is 4.39 Å². The van der Waals surface area contributed by atoms with Gasteiger partial charge < -0.3 is 15.5 Å². The van der Waals surface area contributed by atoms with Gasteiger partial charge in [-0.15, -0.1) is 0 Å². The first-order chi connectivity index (χ1) is 12.1. The highest BCUT2D eigenvalue weighted by atomic mass is 19.1. The summed E-state index contributed by atoms with van der Waals surface area (Å²) in [6.45, 7) is 9.54. The monoisotopic (exact) mass is 348 g/mol. The summed E-state index contributed by atoms with van der Waals surface area (Å²) in [5, 5.41) is 6.81. The van der Waals surface area contributed by atoms with Gasteiger partial charge in [0, 0.05) is 25.6 Å². The molecule has 0 heterocycles. The molecular weight excluding hydrogens is 315 g/mol. The standard InChI is InChI=1S/C20H33FN4/c1-4-25(5-2)14-7-6-13-23-19(22-3)24-16-20(11-12-20)17-9-8-10-18(21)15-17/h8-10,15H,4-7,11-14,16H2,1-3H3,(H2,22,23,24). The summed E-state index contributed by atoms with van der Waals surface area (Å²) in [7, 11) is 1.80. The van der Waals surface area contributed by atoms with Crippen molar-refractivity contribution in [2.75, 3.05) is 39.8 Å². The molecule has 0 spiro atoms. The zero-order valence-electron chi connectivity index (χ0n) is 15.9. The number of hydrogen-bond acceptors (Lipinski definition) is 2. The van der Waals surface area contributed by atoms with Crippen molar-refractivity contribution < 1.29 is 4.39 Å². The summed E-state index contributed by atoms with van der Waals surface area (Å²) >= 11 is 0. The largest absolute Gasteiger partial charge is 0.356 e. The summed E-state index contributed by atoms with van der Waals surface area (Å²) in [5.41, 5.74) is 1.16. The Balaban J connectivity index is 1.70. The molecule has 0 aromatic heterocycles. The second kappa shape index (κ2) is 9.76. The molecule has 0 atom stereocenters. The first kappa shape index (κ1) is 19.7. The summed E-state index contributed by atoms with van der Waals surface area (Å²) in [5.74, 6) is 0.685. The van der Waals surface area contributed by atoms with Crippen molar-refractivity contribution in [1.29, 1.82) is 0 Å². The van der Waals surface area contributed by atoms with Crippen LogP contribution in [0.15, 0.2) is 29.3 Å². The van der Waals surface area contributed by atoms with Gasteiger partial charge in [0.05, 0.1) is 0 Å². The maximum Gasteiger partial charge on any atom is 0.191 e. The van der Waals surface area contributed by atoms with E-state index < -0.39 is 0 Å². The van der Waals surface area contributed by atoms with E-state index in [1.807, 2.05) is 6.07 Å². The molecule has 1 aromatic rings. The Kier molecular flexibility index (Phi) is 7.69. The van der Waals surface area contributed by atoms with Crippen molar-refractivity contribution in [3.05, 3.63) is 35.6 Å². The first-order valence-electron chi connectivity index (χ1n) is 9.56. The second-order valence-electron chi connectivity index (χ2n) is 6.88. The average molecular weight is 349 g/mol. The van der Waals surface area contributed by atoms with Crippen molar-refractivity contribution in [3.8, 4) is 0 Å². The summed E-state index contributed by atoms with van der Waals surface area (Å²) < 4.78 is 13.5. The maximum atomic E-state index is 13.5. The molecular formula is C20H33FN4. The van der Waals surface area contributed by atoms with Crippen LogP contribution >= 0.6 is 0 Å². The third kappa shape index (κ3) is 5.99. The number of hydrogen-bond donors (Lipinski definition) is 2. The van der Waals surface area contributed by atoms with E-state index >= 15 is 0 Å². The van der Waals surface area contributed by atoms with Crippen molar-refractivity contribution in [2.24, 2.45) is 4.99 Å². The Bertz CT molecular complexity index is 550. The quantitative estimate of drug-likeness (QED) is 0.388. The molecule has 0 unspecified atom stereocenters. The average Bonchev–Trinajstić information content (AvgIpc) is 3.42. The molecule has 1 aromatic carbocycles. The SMILES string of the molecule is CCN(CC)CCCCNC(=NC)NCC1(c2cccc(F)c2)CC1. The van der Waals surface area contributed by atoms with Crippen LogP contribution in [0.4, 0.5) is 4.39 Å². The fourth-order valence-electron chi connectivity index (χ4n) is 3.22. The molecule has 1 aliphatic carbocycles. The van der Waals surface area contributed by atoms with Gasteiger partial charge in [-0.1, -0.05) is 26.0 Å². The van der Waals surface area contributed by atoms with Crippen LogP contribution in [0.3, 0.4) is 0 Å². The van der Waals surface area contributed by atoms with Gasteiger partial charge in [-0.3, -0.25) is 4.99 Å². The van der Waals surface area contributed by atoms with E-state index in [1.165, 1.54) is 12.5 Å². The maximum absolute atomic E-state index is 13.5. The Morgan fingerprint density at radius 2 is 1.96 bits per heavy atom. The number of halogens is 1. The fourth-order valence-corrected chi connectivity index (χ4v) is 3.22. The van der Waals surface area contributed by atoms with Gasteiger partial charge in [-0.2, -0.15) is 0 Å². The van der Waals surface area contributed by atoms with Crippen LogP contribution in [-0.4, -0.2) is 50.6 Å². The van der Waals surface area contributed by atoms with Gasteiger partial charge in [0.25, 0.3) is 0 Å². The Hall–Kier alpha value is -1.62. The minimum absolute atomic E-state index is 0.0719. The minimum atomic E-state index is -0.153. The smallest absolute Gasteiger partial charge is 0.191 e. The van der Waals surface area contributed by atoms with E-state index in [9.17, 15) is 4.39 Å². The molecule has 0 saturated heterocycles. The van der Waals surface area contributed by atoms with Crippen LogP contribution < -0.4 is 10.6 Å². The van der Waals surface area contributed by atoms with E-state index in [2.05, 4.69) is 34.4 Å². The van der Waals surface area contributed by atoms with Crippen LogP contribution in [0.5, 0.6) is 0 Å². The number of guanidine groups is 1. The van der Waals surface area contributed by atoms with Gasteiger partial charge in [-0.05, 0) is 63.0 Å². The van der Waals surface area contributed by atoms with Crippen LogP contribution in [0.2, 0.25) is 0 Å². The molecule has 0 amide bonds. The Labute approximate surface area is 151 Å². The third-order valence-electron chi connectivity index (χ3n) is 5.20. The Morgan fingerprint density at radius 3 is 2.56 bits per heavy atom. The lowest BCUT2D eigenvalue weighted by molar-refractivity contribution is 0.297. The molecule has 5 heteroatoms. The normalized spacial score (nSPS) is 16.1. The van der Waals surface area contributed by atoms with E-state index in [-0.39, 0.29) is 11.2 Å². The third-order valence-corrected chi connectivity index (χ3v) is 5.20. The van der Waals surface area contributed by atoms with Crippen molar-refractivity contribution in [2.45, 2.75) is 44.9 Å². The highest BCUT2D eigenvalue weighted by Crippen LogP contribution is 2.47. The highest BCUT2D eigenvalue weighted by Gasteiger charge is 2.44. The lowest BCUT2D eigenvalue weighted by Gasteiger charge is -2.20. The fraction of sp³-hybridized carbons (Fsp3) is 0.650. The number of unbranched alkanes of at least 4 members (excludes halogenated alkanes) is 1. The van der Waals surface area contributed by atoms with Crippen molar-refractivity contribution in [1.82, 2.24) is 15.5 Å². The lowest BCUT2D eigenvalue weighted by Crippen LogP contribution is -2.41. The van der Waals surface area contributed by atoms with E-state index in [0.717, 1.165) is 63.5 Å². The molecule has 1 aliphatic rings. The van der Waals surface area contributed by atoms with Crippen molar-refractivity contribution >= 4 is 5.96 Å². The van der Waals surface area contributed by atoms with Crippen LogP contribution in [-0.2, 0) is 5.41 Å². The molecule has 25 heavy (non-hydrogen) atoms. The van der Waals surface area contributed by atoms with E-state index in [4.69, 9.17) is 0 Å². The second-order valence-corrected chi connectivity index (χ2v) is 6.88. The van der Waals surface area contributed by atoms with E-state index in [0.29, 0.717) is 0 Å². The Morgan fingerprint density at radius 1 is 1.20 bits per heavy atom. The summed E-state index contributed by atoms with van der Waals surface area (Å²) in [4.78, 5) is 6.75. The predicted octanol–water partition coefficient (Wildman–Crippen LogP) is 3.14. The summed E-state index contributed by atoms with van der Waals surface area (Å²) in [6, 6.07) is 7.00. The molecule has 2 rings (SSSR count). The summed E-state index contributed by atoms with van der Waals surface area (Å²) in [6.07, 6.45) is 4.53. The van der Waals surface area contributed by atoms with Crippen molar-refractivity contribution in [3.63, 3.8) is 0 Å². The molecule has 1 saturated carbocycles. The molecule has 140 valence electrons. The van der Waals surface area contributed by atoms with E-state index in [1.54, 1.807) is 19.2 Å². The van der Waals surface area contributed by atoms with Gasteiger partial charge in [0.15, 0.2) is 5.96 Å². The first-order valence-corrected chi connectivity index (χ1v) is 9.56. The number of rotatable bonds is 10. The zero-order chi connectivity index (χ0) is 18.1. The minimum Gasteiger partial charge on any atom is -0.356 e. The molecule has 4 nitrogen and oxygen atoms in total. The molecule has 0 bridgehead atoms. The van der Waals surface area contributed by atoms with Crippen LogP contribution in [0.25, 0.3) is 0 Å². The number of benzene rings is 1. The number of aliphatic imine (C=N–C) groups is 1. The predicted molar refractivity (Wildman–Crippen MR) is 104 cm³/mol. The topological polar surface area (TPSA) is 39.7 Å². The molecule has 1 fully saturated rings. The number of nitrogens with one attached hydrogen (secondary N) is 2. The van der Waals surface area contributed by atoms with Crippen LogP contribution in [0.1, 0.15) is 45.1 Å². The molecule has 2 N–H and O–H groups in total. The number of nitrogens with zero attached hydrogens (tertiary/aromatic N) is 2.